The monoisotopic (exact) mass is 405 g/mol. The van der Waals surface area contributed by atoms with Gasteiger partial charge in [0.2, 0.25) is 0 Å². The number of aromatic nitrogens is 3. The molecule has 7 heteroatoms. The molecule has 28 heavy (non-hydrogen) atoms. The predicted octanol–water partition coefficient (Wildman–Crippen LogP) is 5.65. The zero-order chi connectivity index (χ0) is 19.1. The van der Waals surface area contributed by atoms with Gasteiger partial charge in [0.25, 0.3) is 10.8 Å². The van der Waals surface area contributed by atoms with Crippen LogP contribution in [0.1, 0.15) is 18.0 Å². The number of thioether (sulfide) groups is 1. The van der Waals surface area contributed by atoms with Gasteiger partial charge < -0.3 is 9.40 Å². The summed E-state index contributed by atoms with van der Waals surface area (Å²) in [5, 5.41) is 3.09. The lowest BCUT2D eigenvalue weighted by Crippen LogP contribution is -2.12. The number of para-hydroxylation sites is 2. The van der Waals surface area contributed by atoms with E-state index in [2.05, 4.69) is 9.97 Å². The smallest absolute Gasteiger partial charge is 0.260 e. The summed E-state index contributed by atoms with van der Waals surface area (Å²) in [5.41, 5.74) is 3.38. The molecule has 0 saturated heterocycles. The van der Waals surface area contributed by atoms with Gasteiger partial charge in [-0.3, -0.25) is 4.79 Å². The fourth-order valence-electron chi connectivity index (χ4n) is 3.10. The minimum atomic E-state index is -0.120. The molecule has 0 saturated carbocycles. The van der Waals surface area contributed by atoms with Crippen molar-refractivity contribution < 1.29 is 4.42 Å². The van der Waals surface area contributed by atoms with Gasteiger partial charge in [-0.2, -0.15) is 0 Å². The van der Waals surface area contributed by atoms with Crippen LogP contribution in [0, 0.1) is 0 Å². The van der Waals surface area contributed by atoms with Gasteiger partial charge in [-0.05, 0) is 24.6 Å². The number of fused-ring (bicyclic) bond motifs is 2. The average Bonchev–Trinajstić information content (AvgIpc) is 3.32. The number of hydrogen-bond donors (Lipinski definition) is 1. The lowest BCUT2D eigenvalue weighted by atomic mass is 10.1. The number of nitrogens with zero attached hydrogens (tertiary/aromatic N) is 2. The standard InChI is InChI=1S/C21H15N3O2S2/c1-12(28-21-22-15-9-5-6-10-16(15)26-21)18-23-19(25)17-14(11-27-20(17)24-18)13-7-3-2-4-8-13/h2-12H,1H3,(H,23,24,25). The number of benzene rings is 2. The largest absolute Gasteiger partial charge is 0.431 e. The molecule has 0 amide bonds. The van der Waals surface area contributed by atoms with Crippen molar-refractivity contribution >= 4 is 44.4 Å². The summed E-state index contributed by atoms with van der Waals surface area (Å²) in [6.45, 7) is 1.98. The molecule has 2 aromatic carbocycles. The fourth-order valence-corrected chi connectivity index (χ4v) is 4.87. The molecule has 5 aromatic rings. The van der Waals surface area contributed by atoms with Gasteiger partial charge in [-0.25, -0.2) is 9.97 Å². The van der Waals surface area contributed by atoms with Crippen LogP contribution in [0.5, 0.6) is 0 Å². The van der Waals surface area contributed by atoms with Gasteiger partial charge in [0.15, 0.2) is 5.58 Å². The van der Waals surface area contributed by atoms with Crippen LogP contribution in [0.3, 0.4) is 0 Å². The molecular weight excluding hydrogens is 390 g/mol. The maximum atomic E-state index is 12.8. The van der Waals surface area contributed by atoms with Crippen molar-refractivity contribution in [3.63, 3.8) is 0 Å². The van der Waals surface area contributed by atoms with Gasteiger partial charge in [0.05, 0.1) is 10.6 Å². The second kappa shape index (κ2) is 6.92. The Morgan fingerprint density at radius 3 is 2.68 bits per heavy atom. The van der Waals surface area contributed by atoms with Crippen LogP contribution in [0.15, 0.2) is 74.4 Å². The Hall–Kier alpha value is -2.90. The van der Waals surface area contributed by atoms with Crippen LogP contribution in [0.4, 0.5) is 0 Å². The zero-order valence-corrected chi connectivity index (χ0v) is 16.5. The van der Waals surface area contributed by atoms with E-state index in [-0.39, 0.29) is 10.8 Å². The molecule has 1 unspecified atom stereocenters. The highest BCUT2D eigenvalue weighted by molar-refractivity contribution is 7.99. The first-order valence-electron chi connectivity index (χ1n) is 8.78. The second-order valence-corrected chi connectivity index (χ2v) is 8.50. The molecule has 0 aliphatic heterocycles. The van der Waals surface area contributed by atoms with E-state index in [1.807, 2.05) is 66.9 Å². The predicted molar refractivity (Wildman–Crippen MR) is 114 cm³/mol. The molecule has 138 valence electrons. The van der Waals surface area contributed by atoms with E-state index in [9.17, 15) is 4.79 Å². The van der Waals surface area contributed by atoms with E-state index in [0.29, 0.717) is 16.4 Å². The summed E-state index contributed by atoms with van der Waals surface area (Å²) in [6, 6.07) is 17.5. The van der Waals surface area contributed by atoms with Crippen molar-refractivity contribution in [3.8, 4) is 11.1 Å². The second-order valence-electron chi connectivity index (χ2n) is 6.35. The maximum absolute atomic E-state index is 12.8. The Kier molecular flexibility index (Phi) is 4.26. The Bertz CT molecular complexity index is 1310. The Labute approximate surface area is 168 Å². The van der Waals surface area contributed by atoms with E-state index < -0.39 is 0 Å². The van der Waals surface area contributed by atoms with Crippen molar-refractivity contribution in [2.24, 2.45) is 0 Å². The number of rotatable bonds is 4. The lowest BCUT2D eigenvalue weighted by molar-refractivity contribution is 0.488. The minimum absolute atomic E-state index is 0.104. The van der Waals surface area contributed by atoms with Crippen LogP contribution < -0.4 is 5.56 Å². The van der Waals surface area contributed by atoms with E-state index in [1.165, 1.54) is 23.1 Å². The van der Waals surface area contributed by atoms with Crippen molar-refractivity contribution in [1.29, 1.82) is 0 Å². The lowest BCUT2D eigenvalue weighted by Gasteiger charge is -2.08. The number of oxazole rings is 1. The third-order valence-corrected chi connectivity index (χ3v) is 6.31. The van der Waals surface area contributed by atoms with Crippen LogP contribution in [0.25, 0.3) is 32.4 Å². The summed E-state index contributed by atoms with van der Waals surface area (Å²) in [5.74, 6) is 0.617. The number of thiophene rings is 1. The van der Waals surface area contributed by atoms with Crippen molar-refractivity contribution in [1.82, 2.24) is 15.0 Å². The van der Waals surface area contributed by atoms with Crippen LogP contribution in [-0.2, 0) is 0 Å². The number of nitrogens with one attached hydrogen (secondary N) is 1. The van der Waals surface area contributed by atoms with Gasteiger partial charge in [0, 0.05) is 10.9 Å². The molecule has 0 bridgehead atoms. The summed E-state index contributed by atoms with van der Waals surface area (Å²) >= 11 is 2.92. The van der Waals surface area contributed by atoms with Crippen molar-refractivity contribution in [2.75, 3.05) is 0 Å². The van der Waals surface area contributed by atoms with E-state index in [1.54, 1.807) is 0 Å². The Morgan fingerprint density at radius 2 is 1.86 bits per heavy atom. The summed E-state index contributed by atoms with van der Waals surface area (Å²) in [4.78, 5) is 25.7. The number of hydrogen-bond acceptors (Lipinski definition) is 6. The molecule has 0 spiro atoms. The SMILES string of the molecule is CC(Sc1nc2ccccc2o1)c1nc2scc(-c3ccccc3)c2c(=O)[nH]1. The normalized spacial score (nSPS) is 12.6. The van der Waals surface area contributed by atoms with Gasteiger partial charge in [-0.1, -0.05) is 54.2 Å². The van der Waals surface area contributed by atoms with Gasteiger partial charge in [-0.15, -0.1) is 11.3 Å². The first-order valence-corrected chi connectivity index (χ1v) is 10.5. The highest BCUT2D eigenvalue weighted by Gasteiger charge is 2.18. The summed E-state index contributed by atoms with van der Waals surface area (Å²) in [6.07, 6.45) is 0. The molecule has 5 nitrogen and oxygen atoms in total. The Balaban J connectivity index is 1.50. The van der Waals surface area contributed by atoms with Gasteiger partial charge in [0.1, 0.15) is 16.2 Å². The third-order valence-electron chi connectivity index (χ3n) is 4.48. The highest BCUT2D eigenvalue weighted by atomic mass is 32.2. The van der Waals surface area contributed by atoms with Crippen molar-refractivity contribution in [3.05, 3.63) is 76.2 Å². The molecular formula is C21H15N3O2S2. The van der Waals surface area contributed by atoms with Crippen LogP contribution in [0.2, 0.25) is 0 Å². The Morgan fingerprint density at radius 1 is 1.07 bits per heavy atom. The summed E-state index contributed by atoms with van der Waals surface area (Å²) < 4.78 is 5.77. The maximum Gasteiger partial charge on any atom is 0.260 e. The molecule has 3 aromatic heterocycles. The zero-order valence-electron chi connectivity index (χ0n) is 14.9. The molecule has 3 heterocycles. The molecule has 1 N–H and O–H groups in total. The fraction of sp³-hybridized carbons (Fsp3) is 0.0952. The minimum Gasteiger partial charge on any atom is -0.431 e. The molecule has 5 rings (SSSR count). The number of H-pyrrole nitrogens is 1. The molecule has 0 fully saturated rings. The van der Waals surface area contributed by atoms with E-state index >= 15 is 0 Å². The van der Waals surface area contributed by atoms with Gasteiger partial charge >= 0.3 is 0 Å². The molecule has 0 aliphatic carbocycles. The number of aromatic amines is 1. The molecule has 1 atom stereocenters. The van der Waals surface area contributed by atoms with E-state index in [4.69, 9.17) is 9.40 Å². The van der Waals surface area contributed by atoms with Crippen LogP contribution in [-0.4, -0.2) is 15.0 Å². The first-order chi connectivity index (χ1) is 13.7. The topological polar surface area (TPSA) is 71.8 Å². The quantitative estimate of drug-likeness (QED) is 0.391. The first kappa shape index (κ1) is 17.2. The van der Waals surface area contributed by atoms with Crippen LogP contribution >= 0.6 is 23.1 Å². The molecule has 0 radical (unpaired) electrons. The third kappa shape index (κ3) is 3.02. The van der Waals surface area contributed by atoms with E-state index in [0.717, 1.165) is 27.1 Å². The summed E-state index contributed by atoms with van der Waals surface area (Å²) in [7, 11) is 0. The van der Waals surface area contributed by atoms with Crippen molar-refractivity contribution in [2.45, 2.75) is 17.4 Å². The molecule has 0 aliphatic rings. The average molecular weight is 406 g/mol. The highest BCUT2D eigenvalue weighted by Crippen LogP contribution is 2.36.